The van der Waals surface area contributed by atoms with E-state index in [1.807, 2.05) is 11.8 Å². The van der Waals surface area contributed by atoms with E-state index in [9.17, 15) is 4.79 Å². The number of rotatable bonds is 1. The third-order valence-electron chi connectivity index (χ3n) is 4.46. The van der Waals surface area contributed by atoms with Gasteiger partial charge in [-0.1, -0.05) is 6.08 Å². The summed E-state index contributed by atoms with van der Waals surface area (Å²) in [6.07, 6.45) is 8.00. The minimum absolute atomic E-state index is 0.00464. The number of Topliss-reactive ketones (excluding diaryl/α,β-unsaturated/α-hetero) is 1. The fourth-order valence-corrected chi connectivity index (χ4v) is 4.93. The molecule has 1 heterocycles. The van der Waals surface area contributed by atoms with Crippen LogP contribution in [0.15, 0.2) is 11.6 Å². The van der Waals surface area contributed by atoms with Crippen LogP contribution in [0.4, 0.5) is 0 Å². The Morgan fingerprint density at radius 3 is 3.18 bits per heavy atom. The third kappa shape index (κ3) is 1.97. The molecule has 0 aromatic rings. The van der Waals surface area contributed by atoms with Gasteiger partial charge in [0.15, 0.2) is 0 Å². The molecular weight excluding hydrogens is 232 g/mol. The molecule has 0 N–H and O–H groups in total. The van der Waals surface area contributed by atoms with Crippen LogP contribution < -0.4 is 0 Å². The minimum Gasteiger partial charge on any atom is -0.360 e. The molecule has 2 nitrogen and oxygen atoms in total. The molecule has 2 fully saturated rings. The summed E-state index contributed by atoms with van der Waals surface area (Å²) in [4.78, 5) is 11.5. The van der Waals surface area contributed by atoms with E-state index in [0.29, 0.717) is 11.7 Å². The van der Waals surface area contributed by atoms with E-state index in [2.05, 4.69) is 6.08 Å². The van der Waals surface area contributed by atoms with Crippen LogP contribution >= 0.6 is 11.8 Å². The Balaban J connectivity index is 1.86. The largest absolute Gasteiger partial charge is 0.360 e. The van der Waals surface area contributed by atoms with Crippen LogP contribution in [0.1, 0.15) is 39.0 Å². The highest BCUT2D eigenvalue weighted by Crippen LogP contribution is 2.53. The number of carbonyl (C=O) groups excluding carboxylic acids is 1. The van der Waals surface area contributed by atoms with Crippen molar-refractivity contribution < 1.29 is 9.53 Å². The smallest absolute Gasteiger partial charge is 0.135 e. The summed E-state index contributed by atoms with van der Waals surface area (Å²) in [6, 6.07) is 0. The average molecular weight is 252 g/mol. The number of ketones is 1. The van der Waals surface area contributed by atoms with Crippen LogP contribution in [0.25, 0.3) is 0 Å². The quantitative estimate of drug-likeness (QED) is 0.671. The van der Waals surface area contributed by atoms with Gasteiger partial charge < -0.3 is 4.74 Å². The van der Waals surface area contributed by atoms with Crippen molar-refractivity contribution >= 4 is 17.5 Å². The summed E-state index contributed by atoms with van der Waals surface area (Å²) in [5.74, 6) is 2.36. The Hall–Kier alpha value is -0.280. The van der Waals surface area contributed by atoms with Gasteiger partial charge in [-0.05, 0) is 50.5 Å². The highest BCUT2D eigenvalue weighted by molar-refractivity contribution is 8.00. The molecule has 0 aromatic carbocycles. The maximum atomic E-state index is 11.5. The highest BCUT2D eigenvalue weighted by atomic mass is 32.2. The van der Waals surface area contributed by atoms with E-state index in [0.717, 1.165) is 25.2 Å². The Morgan fingerprint density at radius 2 is 2.47 bits per heavy atom. The number of carbonyl (C=O) groups is 1. The number of hydrogen-bond acceptors (Lipinski definition) is 3. The predicted molar refractivity (Wildman–Crippen MR) is 70.0 cm³/mol. The molecule has 0 bridgehead atoms. The van der Waals surface area contributed by atoms with Crippen molar-refractivity contribution in [2.75, 3.05) is 12.4 Å². The molecule has 3 aliphatic rings. The van der Waals surface area contributed by atoms with Gasteiger partial charge in [0.2, 0.25) is 0 Å². The van der Waals surface area contributed by atoms with Crippen molar-refractivity contribution in [1.29, 1.82) is 0 Å². The SMILES string of the molecule is CC(=O)[C@H]1CC=C2[C@@H](CCC[C@]23OCCS3)C1. The highest BCUT2D eigenvalue weighted by Gasteiger charge is 2.46. The van der Waals surface area contributed by atoms with Crippen molar-refractivity contribution in [3.8, 4) is 0 Å². The normalized spacial score (nSPS) is 41.1. The van der Waals surface area contributed by atoms with Gasteiger partial charge in [-0.25, -0.2) is 0 Å². The van der Waals surface area contributed by atoms with E-state index >= 15 is 0 Å². The molecule has 0 unspecified atom stereocenters. The maximum Gasteiger partial charge on any atom is 0.135 e. The molecule has 3 atom stereocenters. The van der Waals surface area contributed by atoms with E-state index in [1.54, 1.807) is 6.92 Å². The fraction of sp³-hybridized carbons (Fsp3) is 0.786. The molecular formula is C14H20O2S. The van der Waals surface area contributed by atoms with Crippen molar-refractivity contribution in [3.05, 3.63) is 11.6 Å². The zero-order valence-corrected chi connectivity index (χ0v) is 11.2. The summed E-state index contributed by atoms with van der Waals surface area (Å²) in [7, 11) is 0. The van der Waals surface area contributed by atoms with Crippen LogP contribution in [0, 0.1) is 11.8 Å². The zero-order valence-electron chi connectivity index (χ0n) is 10.4. The van der Waals surface area contributed by atoms with Crippen molar-refractivity contribution in [2.24, 2.45) is 11.8 Å². The number of fused-ring (bicyclic) bond motifs is 2. The van der Waals surface area contributed by atoms with Crippen molar-refractivity contribution in [1.82, 2.24) is 0 Å². The molecule has 1 aliphatic heterocycles. The molecule has 3 rings (SSSR count). The first-order chi connectivity index (χ1) is 8.21. The second-order valence-electron chi connectivity index (χ2n) is 5.48. The molecule has 0 amide bonds. The fourth-order valence-electron chi connectivity index (χ4n) is 3.57. The van der Waals surface area contributed by atoms with Crippen LogP contribution in [-0.4, -0.2) is 23.1 Å². The molecule has 94 valence electrons. The Kier molecular flexibility index (Phi) is 3.07. The second kappa shape index (κ2) is 4.43. The van der Waals surface area contributed by atoms with Gasteiger partial charge in [-0.15, -0.1) is 11.8 Å². The molecule has 2 aliphatic carbocycles. The minimum atomic E-state index is 0.00464. The lowest BCUT2D eigenvalue weighted by atomic mass is 9.71. The molecule has 17 heavy (non-hydrogen) atoms. The molecule has 3 heteroatoms. The van der Waals surface area contributed by atoms with Crippen molar-refractivity contribution in [2.45, 2.75) is 44.0 Å². The van der Waals surface area contributed by atoms with Gasteiger partial charge in [0, 0.05) is 11.7 Å². The first-order valence-corrected chi connectivity index (χ1v) is 7.69. The van der Waals surface area contributed by atoms with Crippen molar-refractivity contribution in [3.63, 3.8) is 0 Å². The van der Waals surface area contributed by atoms with Crippen LogP contribution in [0.2, 0.25) is 0 Å². The molecule has 1 saturated carbocycles. The summed E-state index contributed by atoms with van der Waals surface area (Å²) in [5.41, 5.74) is 1.52. The summed E-state index contributed by atoms with van der Waals surface area (Å²) in [5, 5.41) is 0. The lowest BCUT2D eigenvalue weighted by Crippen LogP contribution is -2.38. The number of ether oxygens (including phenoxy) is 1. The van der Waals surface area contributed by atoms with Gasteiger partial charge in [0.25, 0.3) is 0 Å². The molecule has 1 saturated heterocycles. The lowest BCUT2D eigenvalue weighted by Gasteiger charge is -2.43. The Labute approximate surface area is 107 Å². The second-order valence-corrected chi connectivity index (χ2v) is 6.83. The number of allylic oxidation sites excluding steroid dienone is 1. The van der Waals surface area contributed by atoms with E-state index in [4.69, 9.17) is 4.74 Å². The molecule has 0 aromatic heterocycles. The topological polar surface area (TPSA) is 26.3 Å². The van der Waals surface area contributed by atoms with Gasteiger partial charge >= 0.3 is 0 Å². The van der Waals surface area contributed by atoms with Gasteiger partial charge in [0.1, 0.15) is 10.7 Å². The molecule has 0 radical (unpaired) electrons. The lowest BCUT2D eigenvalue weighted by molar-refractivity contribution is -0.121. The van der Waals surface area contributed by atoms with E-state index in [-0.39, 0.29) is 10.9 Å². The first kappa shape index (κ1) is 11.8. The van der Waals surface area contributed by atoms with Gasteiger partial charge in [0.05, 0.1) is 6.61 Å². The van der Waals surface area contributed by atoms with Crippen LogP contribution in [0.5, 0.6) is 0 Å². The maximum absolute atomic E-state index is 11.5. The van der Waals surface area contributed by atoms with Crippen LogP contribution in [-0.2, 0) is 9.53 Å². The number of thioether (sulfide) groups is 1. The predicted octanol–water partition coefficient (Wildman–Crippen LogP) is 3.17. The van der Waals surface area contributed by atoms with E-state index in [1.165, 1.54) is 24.8 Å². The Morgan fingerprint density at radius 1 is 1.59 bits per heavy atom. The Bertz CT molecular complexity index is 355. The van der Waals surface area contributed by atoms with E-state index < -0.39 is 0 Å². The van der Waals surface area contributed by atoms with Gasteiger partial charge in [-0.2, -0.15) is 0 Å². The summed E-state index contributed by atoms with van der Waals surface area (Å²) >= 11 is 1.99. The summed E-state index contributed by atoms with van der Waals surface area (Å²) in [6.45, 7) is 2.63. The van der Waals surface area contributed by atoms with Crippen LogP contribution in [0.3, 0.4) is 0 Å². The van der Waals surface area contributed by atoms with Gasteiger partial charge in [-0.3, -0.25) is 4.79 Å². The summed E-state index contributed by atoms with van der Waals surface area (Å²) < 4.78 is 6.06. The monoisotopic (exact) mass is 252 g/mol. The average Bonchev–Trinajstić information content (AvgIpc) is 2.78. The third-order valence-corrected chi connectivity index (χ3v) is 5.85. The standard InChI is InChI=1S/C14H20O2S/c1-10(15)11-4-5-13-12(9-11)3-2-6-14(13)16-7-8-17-14/h5,11-12H,2-4,6-9H2,1H3/t11-,12-,14+/m0/s1. The molecule has 1 spiro atoms. The zero-order chi connectivity index (χ0) is 11.9. The number of hydrogen-bond donors (Lipinski definition) is 0. The first-order valence-electron chi connectivity index (χ1n) is 6.70.